The lowest BCUT2D eigenvalue weighted by Gasteiger charge is -2.43. The van der Waals surface area contributed by atoms with Gasteiger partial charge in [-0.25, -0.2) is 17.2 Å². The second-order valence-electron chi connectivity index (χ2n) is 11.2. The summed E-state index contributed by atoms with van der Waals surface area (Å²) in [4.78, 5) is 24.2. The number of fused-ring (bicyclic) bond motifs is 3. The third kappa shape index (κ3) is 4.87. The third-order valence-electron chi connectivity index (χ3n) is 8.94. The number of hydrogen-bond acceptors (Lipinski definition) is 4. The monoisotopic (exact) mass is 638 g/mol. The number of carbonyl (C=O) groups excluding carboxylic acids is 2. The summed E-state index contributed by atoms with van der Waals surface area (Å²) < 4.78 is 136. The first kappa shape index (κ1) is 31.2. The Labute approximate surface area is 241 Å². The van der Waals surface area contributed by atoms with Crippen molar-refractivity contribution in [3.8, 4) is 0 Å². The summed E-state index contributed by atoms with van der Waals surface area (Å²) in [6.07, 6.45) is -12.6. The van der Waals surface area contributed by atoms with E-state index in [9.17, 15) is 53.1 Å². The van der Waals surface area contributed by atoms with Crippen LogP contribution in [0, 0.1) is 17.7 Å². The minimum atomic E-state index is -6.35. The average molecular weight is 639 g/mol. The van der Waals surface area contributed by atoms with Crippen LogP contribution < -0.4 is 10.6 Å². The summed E-state index contributed by atoms with van der Waals surface area (Å²) in [5, 5.41) is 5.44. The Kier molecular flexibility index (Phi) is 7.58. The zero-order valence-corrected chi connectivity index (χ0v) is 23.1. The van der Waals surface area contributed by atoms with E-state index in [4.69, 9.17) is 0 Å². The number of piperidine rings is 1. The lowest BCUT2D eigenvalue weighted by Crippen LogP contribution is -2.52. The van der Waals surface area contributed by atoms with Crippen LogP contribution in [0.25, 0.3) is 0 Å². The standard InChI is InChI=1S/C28H26F8N2O4S/c29-18-4-6-19(7-5-18)43(41,42)25-12-11-22(38-24(40)16-2-10-23(39)37-14-16)21(25)8-1-15-13-17(3-9-20(15)25)26(30,27(31,32)33)28(34,35)36/h3-7,9,13,16,21-22H,1-2,8,10-12,14H2,(H,37,39)(H,38,40)/t16?,21-,22+,25+/m0/s1. The summed E-state index contributed by atoms with van der Waals surface area (Å²) in [6, 6.07) is 4.60. The molecule has 1 aliphatic heterocycles. The van der Waals surface area contributed by atoms with Crippen molar-refractivity contribution in [3.63, 3.8) is 0 Å². The molecule has 15 heteroatoms. The highest BCUT2D eigenvalue weighted by Crippen LogP contribution is 2.59. The minimum absolute atomic E-state index is 0.0689. The molecule has 5 rings (SSSR count). The number of hydrogen-bond donors (Lipinski definition) is 2. The van der Waals surface area contributed by atoms with Crippen LogP contribution in [0.4, 0.5) is 35.1 Å². The molecular weight excluding hydrogens is 612 g/mol. The van der Waals surface area contributed by atoms with E-state index in [0.29, 0.717) is 12.1 Å². The third-order valence-corrected chi connectivity index (χ3v) is 11.5. The van der Waals surface area contributed by atoms with Gasteiger partial charge in [0.1, 0.15) is 10.6 Å². The number of aryl methyl sites for hydroxylation is 1. The summed E-state index contributed by atoms with van der Waals surface area (Å²) in [6.45, 7) is 0.0794. The quantitative estimate of drug-likeness (QED) is 0.350. The van der Waals surface area contributed by atoms with Crippen molar-refractivity contribution in [1.82, 2.24) is 10.6 Å². The molecule has 1 unspecified atom stereocenters. The molecule has 0 spiro atoms. The second-order valence-corrected chi connectivity index (χ2v) is 13.4. The molecule has 2 fully saturated rings. The van der Waals surface area contributed by atoms with E-state index >= 15 is 0 Å². The molecule has 2 N–H and O–H groups in total. The average Bonchev–Trinajstić information content (AvgIpc) is 3.31. The summed E-state index contributed by atoms with van der Waals surface area (Å²) in [5.41, 5.74) is -7.71. The van der Waals surface area contributed by atoms with Gasteiger partial charge in [-0.05, 0) is 67.5 Å². The molecule has 2 aromatic rings. The van der Waals surface area contributed by atoms with Crippen molar-refractivity contribution in [1.29, 1.82) is 0 Å². The molecule has 2 aliphatic carbocycles. The fourth-order valence-corrected chi connectivity index (χ4v) is 9.28. The Morgan fingerprint density at radius 1 is 0.907 bits per heavy atom. The Morgan fingerprint density at radius 2 is 1.56 bits per heavy atom. The van der Waals surface area contributed by atoms with Gasteiger partial charge in [-0.3, -0.25) is 9.59 Å². The Morgan fingerprint density at radius 3 is 2.14 bits per heavy atom. The van der Waals surface area contributed by atoms with Crippen LogP contribution in [0.5, 0.6) is 0 Å². The predicted octanol–water partition coefficient (Wildman–Crippen LogP) is 5.15. The first-order chi connectivity index (χ1) is 19.9. The van der Waals surface area contributed by atoms with Crippen molar-refractivity contribution in [2.24, 2.45) is 11.8 Å². The van der Waals surface area contributed by atoms with Crippen LogP contribution in [-0.4, -0.2) is 45.2 Å². The fraction of sp³-hybridized carbons (Fsp3) is 0.500. The Bertz CT molecular complexity index is 1520. The summed E-state index contributed by atoms with van der Waals surface area (Å²) >= 11 is 0. The van der Waals surface area contributed by atoms with E-state index in [-0.39, 0.29) is 67.0 Å². The molecule has 3 aliphatic rings. The number of alkyl halides is 7. The number of sulfone groups is 1. The van der Waals surface area contributed by atoms with Crippen LogP contribution in [0.2, 0.25) is 0 Å². The van der Waals surface area contributed by atoms with Gasteiger partial charge >= 0.3 is 18.0 Å². The molecule has 2 amide bonds. The lowest BCUT2D eigenvalue weighted by molar-refractivity contribution is -0.348. The maximum atomic E-state index is 14.9. The SMILES string of the molecule is O=C1CCC(C(=O)N[C@@H]2CC[C@@]3(S(=O)(=O)c4ccc(F)cc4)c4ccc(C(F)(C(F)(F)F)C(F)(F)F)cc4CC[C@@H]23)CN1. The van der Waals surface area contributed by atoms with E-state index in [1.54, 1.807) is 0 Å². The van der Waals surface area contributed by atoms with Gasteiger partial charge in [0, 0.05) is 30.5 Å². The lowest BCUT2D eigenvalue weighted by atomic mass is 9.73. The van der Waals surface area contributed by atoms with Gasteiger partial charge < -0.3 is 10.6 Å². The predicted molar refractivity (Wildman–Crippen MR) is 135 cm³/mol. The number of nitrogens with one attached hydrogen (secondary N) is 2. The van der Waals surface area contributed by atoms with Gasteiger partial charge in [0.25, 0.3) is 0 Å². The highest BCUT2D eigenvalue weighted by molar-refractivity contribution is 7.92. The number of halogens is 8. The van der Waals surface area contributed by atoms with E-state index in [1.807, 2.05) is 0 Å². The Hall–Kier alpha value is -3.23. The van der Waals surface area contributed by atoms with E-state index in [1.165, 1.54) is 0 Å². The molecule has 0 radical (unpaired) electrons. The topological polar surface area (TPSA) is 92.3 Å². The van der Waals surface area contributed by atoms with Gasteiger partial charge in [0.2, 0.25) is 11.8 Å². The van der Waals surface area contributed by atoms with E-state index in [2.05, 4.69) is 10.6 Å². The number of carbonyl (C=O) groups is 2. The molecule has 43 heavy (non-hydrogen) atoms. The highest BCUT2D eigenvalue weighted by atomic mass is 32.2. The molecule has 0 bridgehead atoms. The summed E-state index contributed by atoms with van der Waals surface area (Å²) in [5.74, 6) is -2.84. The van der Waals surface area contributed by atoms with Crippen molar-refractivity contribution < 1.29 is 53.1 Å². The number of rotatable bonds is 5. The molecule has 6 nitrogen and oxygen atoms in total. The highest BCUT2D eigenvalue weighted by Gasteiger charge is 2.73. The van der Waals surface area contributed by atoms with Crippen molar-refractivity contribution in [2.45, 2.75) is 72.2 Å². The second kappa shape index (κ2) is 10.4. The molecule has 4 atom stereocenters. The van der Waals surface area contributed by atoms with Gasteiger partial charge in [0.15, 0.2) is 9.84 Å². The maximum Gasteiger partial charge on any atom is 0.435 e. The Balaban J connectivity index is 1.61. The van der Waals surface area contributed by atoms with Gasteiger partial charge in [0.05, 0.1) is 10.8 Å². The first-order valence-electron chi connectivity index (χ1n) is 13.5. The number of amides is 2. The molecule has 1 saturated heterocycles. The summed E-state index contributed by atoms with van der Waals surface area (Å²) in [7, 11) is -4.51. The normalized spacial score (nSPS) is 26.3. The zero-order valence-electron chi connectivity index (χ0n) is 22.3. The molecule has 234 valence electrons. The van der Waals surface area contributed by atoms with Crippen LogP contribution in [0.15, 0.2) is 47.4 Å². The minimum Gasteiger partial charge on any atom is -0.355 e. The first-order valence-corrected chi connectivity index (χ1v) is 15.0. The van der Waals surface area contributed by atoms with Crippen molar-refractivity contribution in [3.05, 3.63) is 65.0 Å². The molecule has 0 aromatic heterocycles. The molecular formula is C28H26F8N2O4S. The van der Waals surface area contributed by atoms with E-state index < -0.39 is 67.8 Å². The van der Waals surface area contributed by atoms with Crippen LogP contribution in [0.1, 0.15) is 48.8 Å². The van der Waals surface area contributed by atoms with Crippen molar-refractivity contribution >= 4 is 21.7 Å². The zero-order chi connectivity index (χ0) is 31.6. The van der Waals surface area contributed by atoms with Crippen LogP contribution >= 0.6 is 0 Å². The van der Waals surface area contributed by atoms with Gasteiger partial charge in [-0.1, -0.05) is 18.2 Å². The molecule has 1 heterocycles. The van der Waals surface area contributed by atoms with Gasteiger partial charge in [-0.2, -0.15) is 26.3 Å². The van der Waals surface area contributed by atoms with Gasteiger partial charge in [-0.15, -0.1) is 0 Å². The number of benzene rings is 2. The molecule has 1 saturated carbocycles. The smallest absolute Gasteiger partial charge is 0.355 e. The van der Waals surface area contributed by atoms with E-state index in [0.717, 1.165) is 30.3 Å². The maximum absolute atomic E-state index is 14.9. The van der Waals surface area contributed by atoms with Crippen LogP contribution in [0.3, 0.4) is 0 Å². The van der Waals surface area contributed by atoms with Crippen LogP contribution in [-0.2, 0) is 36.3 Å². The largest absolute Gasteiger partial charge is 0.435 e. The fourth-order valence-electron chi connectivity index (χ4n) is 6.81. The molecule has 2 aromatic carbocycles. The van der Waals surface area contributed by atoms with Crippen molar-refractivity contribution in [2.75, 3.05) is 6.54 Å².